The van der Waals surface area contributed by atoms with Crippen LogP contribution in [0, 0.1) is 5.92 Å². The minimum Gasteiger partial charge on any atom is -0.497 e. The SMILES string of the molecule is COc1ccc2c(c1)OC[C@H](Cc1ncccc1C(N)=O)C2. The minimum atomic E-state index is -0.440. The molecular formula is C17H18N2O3. The highest BCUT2D eigenvalue weighted by atomic mass is 16.5. The average Bonchev–Trinajstić information content (AvgIpc) is 2.54. The first kappa shape index (κ1) is 14.4. The quantitative estimate of drug-likeness (QED) is 0.936. The van der Waals surface area contributed by atoms with Gasteiger partial charge in [-0.05, 0) is 36.6 Å². The molecule has 0 saturated carbocycles. The number of hydrogen-bond donors (Lipinski definition) is 1. The largest absolute Gasteiger partial charge is 0.497 e. The van der Waals surface area contributed by atoms with E-state index in [1.165, 1.54) is 0 Å². The van der Waals surface area contributed by atoms with Gasteiger partial charge in [-0.15, -0.1) is 0 Å². The lowest BCUT2D eigenvalue weighted by Gasteiger charge is -2.25. The standard InChI is InChI=1S/C17H18N2O3/c1-21-13-5-4-12-7-11(10-22-16(12)9-13)8-15-14(17(18)20)3-2-6-19-15/h2-6,9,11H,7-8,10H2,1H3,(H2,18,20)/t11-/m0/s1. The fourth-order valence-electron chi connectivity index (χ4n) is 2.77. The Morgan fingerprint density at radius 1 is 1.45 bits per heavy atom. The Labute approximate surface area is 129 Å². The Bertz CT molecular complexity index is 700. The van der Waals surface area contributed by atoms with E-state index in [4.69, 9.17) is 15.2 Å². The third-order valence-electron chi connectivity index (χ3n) is 3.90. The molecule has 0 fully saturated rings. The number of fused-ring (bicyclic) bond motifs is 1. The number of carbonyl (C=O) groups is 1. The maximum atomic E-state index is 11.5. The van der Waals surface area contributed by atoms with Crippen LogP contribution in [0.1, 0.15) is 21.6 Å². The second-order valence-electron chi connectivity index (χ2n) is 5.42. The molecule has 2 aromatic rings. The number of pyridine rings is 1. The molecule has 0 aliphatic carbocycles. The van der Waals surface area contributed by atoms with Gasteiger partial charge in [-0.25, -0.2) is 0 Å². The summed E-state index contributed by atoms with van der Waals surface area (Å²) in [5.74, 6) is 1.49. The van der Waals surface area contributed by atoms with Crippen molar-refractivity contribution in [2.75, 3.05) is 13.7 Å². The van der Waals surface area contributed by atoms with Crippen LogP contribution in [0.3, 0.4) is 0 Å². The smallest absolute Gasteiger partial charge is 0.250 e. The molecule has 22 heavy (non-hydrogen) atoms. The van der Waals surface area contributed by atoms with Gasteiger partial charge in [0.15, 0.2) is 0 Å². The lowest BCUT2D eigenvalue weighted by molar-refractivity contribution is 0.0998. The number of nitrogens with two attached hydrogens (primary N) is 1. The van der Waals surface area contributed by atoms with Crippen molar-refractivity contribution >= 4 is 5.91 Å². The van der Waals surface area contributed by atoms with Crippen molar-refractivity contribution in [3.05, 3.63) is 53.3 Å². The highest BCUT2D eigenvalue weighted by Crippen LogP contribution is 2.32. The van der Waals surface area contributed by atoms with Crippen molar-refractivity contribution < 1.29 is 14.3 Å². The Morgan fingerprint density at radius 3 is 3.09 bits per heavy atom. The molecule has 5 heteroatoms. The monoisotopic (exact) mass is 298 g/mol. The third-order valence-corrected chi connectivity index (χ3v) is 3.90. The normalized spacial score (nSPS) is 16.5. The summed E-state index contributed by atoms with van der Waals surface area (Å²) in [5.41, 5.74) is 7.78. The Balaban J connectivity index is 1.77. The highest BCUT2D eigenvalue weighted by molar-refractivity contribution is 5.93. The number of amides is 1. The van der Waals surface area contributed by atoms with Gasteiger partial charge in [-0.1, -0.05) is 6.07 Å². The summed E-state index contributed by atoms with van der Waals surface area (Å²) in [6.45, 7) is 0.592. The van der Waals surface area contributed by atoms with E-state index in [0.29, 0.717) is 18.6 Å². The van der Waals surface area contributed by atoms with Gasteiger partial charge in [0.05, 0.1) is 25.0 Å². The lowest BCUT2D eigenvalue weighted by Crippen LogP contribution is -2.25. The molecule has 2 N–H and O–H groups in total. The van der Waals surface area contributed by atoms with Gasteiger partial charge < -0.3 is 15.2 Å². The third kappa shape index (κ3) is 2.88. The van der Waals surface area contributed by atoms with Crippen LogP contribution in [0.5, 0.6) is 11.5 Å². The summed E-state index contributed by atoms with van der Waals surface area (Å²) < 4.78 is 11.0. The summed E-state index contributed by atoms with van der Waals surface area (Å²) in [5, 5.41) is 0. The fourth-order valence-corrected chi connectivity index (χ4v) is 2.77. The number of methoxy groups -OCH3 is 1. The van der Waals surface area contributed by atoms with E-state index in [-0.39, 0.29) is 5.92 Å². The number of hydrogen-bond acceptors (Lipinski definition) is 4. The Kier molecular flexibility index (Phi) is 3.96. The Hall–Kier alpha value is -2.56. The van der Waals surface area contributed by atoms with Crippen molar-refractivity contribution in [3.8, 4) is 11.5 Å². The molecule has 3 rings (SSSR count). The molecule has 0 saturated heterocycles. The van der Waals surface area contributed by atoms with E-state index in [1.54, 1.807) is 25.4 Å². The molecule has 1 atom stereocenters. The van der Waals surface area contributed by atoms with Gasteiger partial charge in [0.25, 0.3) is 5.91 Å². The van der Waals surface area contributed by atoms with Crippen LogP contribution in [0.2, 0.25) is 0 Å². The molecule has 1 aliphatic heterocycles. The number of aromatic nitrogens is 1. The zero-order chi connectivity index (χ0) is 15.5. The van der Waals surface area contributed by atoms with Gasteiger partial charge in [0.1, 0.15) is 11.5 Å². The highest BCUT2D eigenvalue weighted by Gasteiger charge is 2.22. The van der Waals surface area contributed by atoms with E-state index >= 15 is 0 Å². The zero-order valence-electron chi connectivity index (χ0n) is 12.4. The van der Waals surface area contributed by atoms with E-state index < -0.39 is 5.91 Å². The number of benzene rings is 1. The first-order chi connectivity index (χ1) is 10.7. The summed E-state index contributed by atoms with van der Waals surface area (Å²) >= 11 is 0. The molecule has 1 aromatic heterocycles. The maximum absolute atomic E-state index is 11.5. The molecule has 0 radical (unpaired) electrons. The number of primary amides is 1. The fraction of sp³-hybridized carbons (Fsp3) is 0.294. The van der Waals surface area contributed by atoms with Crippen molar-refractivity contribution in [1.29, 1.82) is 0 Å². The molecule has 114 valence electrons. The molecule has 1 aliphatic rings. The predicted octanol–water partition coefficient (Wildman–Crippen LogP) is 1.98. The predicted molar refractivity (Wildman–Crippen MR) is 82.1 cm³/mol. The van der Waals surface area contributed by atoms with Crippen molar-refractivity contribution in [2.45, 2.75) is 12.8 Å². The van der Waals surface area contributed by atoms with Crippen LogP contribution in [-0.4, -0.2) is 24.6 Å². The van der Waals surface area contributed by atoms with E-state index in [2.05, 4.69) is 4.98 Å². The molecular weight excluding hydrogens is 280 g/mol. The number of rotatable bonds is 4. The van der Waals surface area contributed by atoms with Gasteiger partial charge in [0, 0.05) is 18.2 Å². The molecule has 1 aromatic carbocycles. The van der Waals surface area contributed by atoms with Crippen LogP contribution in [0.4, 0.5) is 0 Å². The second kappa shape index (κ2) is 6.05. The summed E-state index contributed by atoms with van der Waals surface area (Å²) in [7, 11) is 1.64. The molecule has 0 bridgehead atoms. The zero-order valence-corrected chi connectivity index (χ0v) is 12.4. The molecule has 2 heterocycles. The van der Waals surface area contributed by atoms with Crippen molar-refractivity contribution in [2.24, 2.45) is 11.7 Å². The van der Waals surface area contributed by atoms with E-state index in [1.807, 2.05) is 18.2 Å². The van der Waals surface area contributed by atoms with Crippen LogP contribution < -0.4 is 15.2 Å². The number of ether oxygens (including phenoxy) is 2. The van der Waals surface area contributed by atoms with E-state index in [9.17, 15) is 4.79 Å². The molecule has 5 nitrogen and oxygen atoms in total. The minimum absolute atomic E-state index is 0.272. The van der Waals surface area contributed by atoms with E-state index in [0.717, 1.165) is 29.2 Å². The lowest BCUT2D eigenvalue weighted by atomic mass is 9.91. The van der Waals surface area contributed by atoms with Crippen molar-refractivity contribution in [1.82, 2.24) is 4.98 Å². The summed E-state index contributed by atoms with van der Waals surface area (Å²) in [6.07, 6.45) is 3.24. The number of nitrogens with zero attached hydrogens (tertiary/aromatic N) is 1. The topological polar surface area (TPSA) is 74.4 Å². The molecule has 0 unspecified atom stereocenters. The maximum Gasteiger partial charge on any atom is 0.250 e. The van der Waals surface area contributed by atoms with Crippen LogP contribution in [-0.2, 0) is 12.8 Å². The number of carbonyl (C=O) groups excluding carboxylic acids is 1. The van der Waals surface area contributed by atoms with Crippen molar-refractivity contribution in [3.63, 3.8) is 0 Å². The average molecular weight is 298 g/mol. The van der Waals surface area contributed by atoms with Gasteiger partial charge in [-0.3, -0.25) is 9.78 Å². The Morgan fingerprint density at radius 2 is 2.32 bits per heavy atom. The first-order valence-corrected chi connectivity index (χ1v) is 7.21. The van der Waals surface area contributed by atoms with Gasteiger partial charge in [0.2, 0.25) is 0 Å². The summed E-state index contributed by atoms with van der Waals surface area (Å²) in [6, 6.07) is 9.30. The van der Waals surface area contributed by atoms with Crippen LogP contribution in [0.25, 0.3) is 0 Å². The van der Waals surface area contributed by atoms with Crippen LogP contribution in [0.15, 0.2) is 36.5 Å². The van der Waals surface area contributed by atoms with Gasteiger partial charge in [-0.2, -0.15) is 0 Å². The van der Waals surface area contributed by atoms with Crippen LogP contribution >= 0.6 is 0 Å². The molecule has 0 spiro atoms. The van der Waals surface area contributed by atoms with Gasteiger partial charge >= 0.3 is 0 Å². The summed E-state index contributed by atoms with van der Waals surface area (Å²) in [4.78, 5) is 15.8. The second-order valence-corrected chi connectivity index (χ2v) is 5.42. The first-order valence-electron chi connectivity index (χ1n) is 7.21. The molecule has 1 amide bonds.